The summed E-state index contributed by atoms with van der Waals surface area (Å²) in [7, 11) is 3.25. The topological polar surface area (TPSA) is 118 Å². The van der Waals surface area contributed by atoms with Crippen molar-refractivity contribution in [2.45, 2.75) is 47.6 Å². The van der Waals surface area contributed by atoms with E-state index in [9.17, 15) is 0 Å². The van der Waals surface area contributed by atoms with Gasteiger partial charge in [-0.15, -0.1) is 0 Å². The van der Waals surface area contributed by atoms with E-state index >= 15 is 0 Å². The third-order valence-corrected chi connectivity index (χ3v) is 3.53. The first kappa shape index (κ1) is 37.4. The number of aliphatic hydroxyl groups is 3. The van der Waals surface area contributed by atoms with Crippen LogP contribution in [-0.4, -0.2) is 111 Å². The molecule has 0 atom stereocenters. The maximum absolute atomic E-state index is 8.26. The predicted octanol–water partition coefficient (Wildman–Crippen LogP) is 1.36. The Balaban J connectivity index is -0.0000000871. The number of nitrogens with zero attached hydrogens (tertiary/aromatic N) is 1. The van der Waals surface area contributed by atoms with Crippen LogP contribution in [0.4, 0.5) is 0 Å². The van der Waals surface area contributed by atoms with Crippen molar-refractivity contribution in [2.24, 2.45) is 0 Å². The average molecular weight is 404 g/mol. The molecule has 0 bridgehead atoms. The van der Waals surface area contributed by atoms with Gasteiger partial charge in [0.1, 0.15) is 0 Å². The number of methoxy groups -OCH3 is 1. The molecule has 0 radical (unpaired) electrons. The Bertz CT molecular complexity index is 188. The fraction of sp³-hybridized carbons (Fsp3) is 1.00. The van der Waals surface area contributed by atoms with E-state index in [-0.39, 0.29) is 24.8 Å². The molecule has 0 heterocycles. The van der Waals surface area contributed by atoms with Crippen LogP contribution in [0.25, 0.3) is 0 Å². The molecule has 0 saturated heterocycles. The van der Waals surface area contributed by atoms with Gasteiger partial charge >= 0.3 is 0 Å². The molecule has 0 saturated carbocycles. The van der Waals surface area contributed by atoms with Crippen molar-refractivity contribution in [3.63, 3.8) is 0 Å². The van der Waals surface area contributed by atoms with Crippen molar-refractivity contribution in [2.75, 3.05) is 80.0 Å². The van der Waals surface area contributed by atoms with Crippen LogP contribution in [0, 0.1) is 0 Å². The zero-order valence-corrected chi connectivity index (χ0v) is 19.1. The van der Waals surface area contributed by atoms with E-state index in [4.69, 9.17) is 24.8 Å². The van der Waals surface area contributed by atoms with Crippen molar-refractivity contribution in [1.29, 1.82) is 0 Å². The van der Waals surface area contributed by atoms with E-state index in [0.717, 1.165) is 0 Å². The predicted molar refractivity (Wildman–Crippen MR) is 110 cm³/mol. The lowest BCUT2D eigenvalue weighted by Crippen LogP contribution is -2.47. The summed E-state index contributed by atoms with van der Waals surface area (Å²) < 4.78 is 15.3. The van der Waals surface area contributed by atoms with Gasteiger partial charge in [-0.3, -0.25) is 0 Å². The van der Waals surface area contributed by atoms with Gasteiger partial charge in [0.15, 0.2) is 0 Å². The Morgan fingerprint density at radius 1 is 0.704 bits per heavy atom. The molecule has 0 aliphatic rings. The first-order valence-corrected chi connectivity index (χ1v) is 9.61. The van der Waals surface area contributed by atoms with Crippen molar-refractivity contribution in [3.05, 3.63) is 0 Å². The summed E-state index contributed by atoms with van der Waals surface area (Å²) in [6.45, 7) is 19.4. The van der Waals surface area contributed by atoms with Crippen LogP contribution in [0.2, 0.25) is 0 Å². The molecule has 0 amide bonds. The molecule has 0 aliphatic heterocycles. The Hall–Kier alpha value is -0.320. The summed E-state index contributed by atoms with van der Waals surface area (Å²) in [6.07, 6.45) is -0.167. The summed E-state index contributed by atoms with van der Waals surface area (Å²) in [5.41, 5.74) is 0. The highest BCUT2D eigenvalue weighted by atomic mass is 16.5. The van der Waals surface area contributed by atoms with Crippen LogP contribution < -0.4 is 0 Å². The van der Waals surface area contributed by atoms with Crippen molar-refractivity contribution in [3.8, 4) is 0 Å². The standard InChI is InChI=1S/C8H20N.C6H14O4.C3H8O.C2H6O.H2O/c1-5-9(6-2,7-3)8-4;7-1-3-9-5-6-10-4-2-8;1-3(2)4;1-3-2;/h5-8H2,1-4H3;7-8H,1-6H2;3-4H,1-2H3;1-2H3;1H2/q+1;;;;/p-1. The molecule has 0 aromatic heterocycles. The van der Waals surface area contributed by atoms with E-state index in [1.165, 1.54) is 30.7 Å². The molecule has 0 aliphatic carbocycles. The molecule has 4 N–H and O–H groups in total. The molecule has 0 unspecified atom stereocenters. The molecule has 0 aromatic rings. The van der Waals surface area contributed by atoms with Gasteiger partial charge in [-0.25, -0.2) is 0 Å². The molecule has 27 heavy (non-hydrogen) atoms. The van der Waals surface area contributed by atoms with Crippen LogP contribution in [0.15, 0.2) is 0 Å². The van der Waals surface area contributed by atoms with Crippen molar-refractivity contribution in [1.82, 2.24) is 0 Å². The molecule has 0 rings (SSSR count). The van der Waals surface area contributed by atoms with E-state index in [1.807, 2.05) is 0 Å². The fourth-order valence-electron chi connectivity index (χ4n) is 1.79. The minimum absolute atomic E-state index is 0. The van der Waals surface area contributed by atoms with Crippen LogP contribution in [0.3, 0.4) is 0 Å². The minimum Gasteiger partial charge on any atom is -0.870 e. The molecule has 8 heteroatoms. The van der Waals surface area contributed by atoms with E-state index in [0.29, 0.717) is 26.4 Å². The van der Waals surface area contributed by atoms with E-state index in [1.54, 1.807) is 28.1 Å². The zero-order chi connectivity index (χ0) is 21.3. The Morgan fingerprint density at radius 3 is 1.04 bits per heavy atom. The van der Waals surface area contributed by atoms with Gasteiger partial charge in [0.2, 0.25) is 0 Å². The maximum Gasteiger partial charge on any atom is 0.0757 e. The van der Waals surface area contributed by atoms with Gasteiger partial charge in [0.05, 0.1) is 65.8 Å². The SMILES string of the molecule is CC(C)O.CC[N+](CC)(CC)CC.COC.OCCOCCOCCO.[OH-]. The molecule has 0 aromatic carbocycles. The highest BCUT2D eigenvalue weighted by Crippen LogP contribution is 2.03. The summed E-state index contributed by atoms with van der Waals surface area (Å²) >= 11 is 0. The number of aliphatic hydroxyl groups excluding tert-OH is 3. The van der Waals surface area contributed by atoms with Crippen LogP contribution in [0.1, 0.15) is 41.5 Å². The smallest absolute Gasteiger partial charge is 0.0757 e. The zero-order valence-electron chi connectivity index (χ0n) is 19.1. The van der Waals surface area contributed by atoms with Gasteiger partial charge in [-0.1, -0.05) is 0 Å². The van der Waals surface area contributed by atoms with Crippen LogP contribution in [-0.2, 0) is 14.2 Å². The molecule has 172 valence electrons. The number of quaternary nitrogens is 1. The normalized spacial score (nSPS) is 9.78. The number of hydrogen-bond acceptors (Lipinski definition) is 7. The van der Waals surface area contributed by atoms with Gasteiger partial charge in [-0.2, -0.15) is 0 Å². The van der Waals surface area contributed by atoms with Crippen LogP contribution in [0.5, 0.6) is 0 Å². The van der Waals surface area contributed by atoms with Crippen molar-refractivity contribution < 1.29 is 39.5 Å². The Kier molecular flexibility index (Phi) is 46.1. The Labute approximate surface area is 167 Å². The molecule has 8 nitrogen and oxygen atoms in total. The maximum atomic E-state index is 8.26. The lowest BCUT2D eigenvalue weighted by molar-refractivity contribution is -0.921. The number of ether oxygens (including phenoxy) is 3. The second-order valence-corrected chi connectivity index (χ2v) is 5.78. The highest BCUT2D eigenvalue weighted by molar-refractivity contribution is 4.31. The number of rotatable bonds is 11. The average Bonchev–Trinajstić information content (AvgIpc) is 2.61. The summed E-state index contributed by atoms with van der Waals surface area (Å²) in [4.78, 5) is 0. The van der Waals surface area contributed by atoms with E-state index in [2.05, 4.69) is 32.4 Å². The monoisotopic (exact) mass is 403 g/mol. The summed E-state index contributed by atoms with van der Waals surface area (Å²) in [5.74, 6) is 0. The summed E-state index contributed by atoms with van der Waals surface area (Å²) in [6, 6.07) is 0. The second-order valence-electron chi connectivity index (χ2n) is 5.78. The summed E-state index contributed by atoms with van der Waals surface area (Å²) in [5, 5.41) is 24.6. The minimum atomic E-state index is -0.167. The lowest BCUT2D eigenvalue weighted by Gasteiger charge is -2.34. The second kappa shape index (κ2) is 33.3. The largest absolute Gasteiger partial charge is 0.870 e. The molecule has 0 fully saturated rings. The highest BCUT2D eigenvalue weighted by Gasteiger charge is 2.16. The molecule has 0 spiro atoms. The van der Waals surface area contributed by atoms with Gasteiger partial charge in [0.25, 0.3) is 0 Å². The number of hydrogen-bond donors (Lipinski definition) is 3. The lowest BCUT2D eigenvalue weighted by atomic mass is 10.3. The van der Waals surface area contributed by atoms with Crippen LogP contribution >= 0.6 is 0 Å². The third kappa shape index (κ3) is 41.3. The van der Waals surface area contributed by atoms with Gasteiger partial charge in [-0.05, 0) is 41.5 Å². The van der Waals surface area contributed by atoms with Crippen molar-refractivity contribution >= 4 is 0 Å². The van der Waals surface area contributed by atoms with Gasteiger partial charge < -0.3 is 39.5 Å². The van der Waals surface area contributed by atoms with E-state index < -0.39 is 0 Å². The molecular weight excluding hydrogens is 354 g/mol. The fourth-order valence-corrected chi connectivity index (χ4v) is 1.79. The first-order chi connectivity index (χ1) is 12.3. The van der Waals surface area contributed by atoms with Gasteiger partial charge in [0, 0.05) is 20.3 Å². The quantitative estimate of drug-likeness (QED) is 0.352. The third-order valence-electron chi connectivity index (χ3n) is 3.53. The Morgan fingerprint density at radius 2 is 0.926 bits per heavy atom. The molecular formula is C19H49NO7. The first-order valence-electron chi connectivity index (χ1n) is 9.61.